The van der Waals surface area contributed by atoms with Gasteiger partial charge in [-0.05, 0) is 25.1 Å². The third-order valence-electron chi connectivity index (χ3n) is 3.45. The number of nitrogens with one attached hydrogen (secondary N) is 1. The fraction of sp³-hybridized carbons (Fsp3) is 0.467. The topological polar surface area (TPSA) is 67.6 Å². The maximum absolute atomic E-state index is 12.0. The number of morpholine rings is 1. The second kappa shape index (κ2) is 8.07. The predicted molar refractivity (Wildman–Crippen MR) is 86.5 cm³/mol. The van der Waals surface area contributed by atoms with E-state index in [1.54, 1.807) is 24.3 Å². The molecule has 1 amide bonds. The minimum absolute atomic E-state index is 0.0879. The zero-order valence-electron chi connectivity index (χ0n) is 12.0. The van der Waals surface area contributed by atoms with E-state index >= 15 is 0 Å². The summed E-state index contributed by atoms with van der Waals surface area (Å²) < 4.78 is 5.30. The van der Waals surface area contributed by atoms with Crippen molar-refractivity contribution in [2.45, 2.75) is 6.42 Å². The van der Waals surface area contributed by atoms with Crippen LogP contribution in [0.1, 0.15) is 22.3 Å². The van der Waals surface area contributed by atoms with Gasteiger partial charge < -0.3 is 15.8 Å². The van der Waals surface area contributed by atoms with Crippen LogP contribution in [-0.2, 0) is 4.74 Å². The van der Waals surface area contributed by atoms with Gasteiger partial charge in [-0.2, -0.15) is 0 Å². The summed E-state index contributed by atoms with van der Waals surface area (Å²) in [5.41, 5.74) is 6.87. The van der Waals surface area contributed by atoms with Crippen LogP contribution in [0.25, 0.3) is 0 Å². The molecule has 114 valence electrons. The average Bonchev–Trinajstić information content (AvgIpc) is 2.52. The highest BCUT2D eigenvalue weighted by atomic mass is 32.1. The van der Waals surface area contributed by atoms with Crippen LogP contribution in [0.3, 0.4) is 0 Å². The van der Waals surface area contributed by atoms with Gasteiger partial charge in [0.15, 0.2) is 0 Å². The lowest BCUT2D eigenvalue weighted by Crippen LogP contribution is -2.38. The monoisotopic (exact) mass is 307 g/mol. The maximum Gasteiger partial charge on any atom is 0.251 e. The fourth-order valence-corrected chi connectivity index (χ4v) is 2.37. The van der Waals surface area contributed by atoms with Crippen LogP contribution < -0.4 is 11.1 Å². The van der Waals surface area contributed by atoms with E-state index in [0.29, 0.717) is 22.7 Å². The van der Waals surface area contributed by atoms with E-state index < -0.39 is 0 Å². The number of thiocarbonyl (C=S) groups is 1. The Morgan fingerprint density at radius 3 is 2.76 bits per heavy atom. The van der Waals surface area contributed by atoms with Crippen LogP contribution in [0.5, 0.6) is 0 Å². The summed E-state index contributed by atoms with van der Waals surface area (Å²) in [6.45, 7) is 5.20. The molecular weight excluding hydrogens is 286 g/mol. The standard InChI is InChI=1S/C15H21N3O2S/c16-14(21)12-3-1-4-13(11-12)15(19)17-5-2-6-18-7-9-20-10-8-18/h1,3-4,11H,2,5-10H2,(H2,16,21)(H,17,19). The summed E-state index contributed by atoms with van der Waals surface area (Å²) in [6.07, 6.45) is 0.931. The smallest absolute Gasteiger partial charge is 0.251 e. The highest BCUT2D eigenvalue weighted by molar-refractivity contribution is 7.80. The van der Waals surface area contributed by atoms with Gasteiger partial charge in [0.05, 0.1) is 13.2 Å². The molecule has 0 spiro atoms. The lowest BCUT2D eigenvalue weighted by molar-refractivity contribution is 0.0374. The lowest BCUT2D eigenvalue weighted by Gasteiger charge is -2.26. The first-order chi connectivity index (χ1) is 10.2. The number of hydrogen-bond acceptors (Lipinski definition) is 4. The SMILES string of the molecule is NC(=S)c1cccc(C(=O)NCCCN2CCOCC2)c1. The molecule has 6 heteroatoms. The zero-order chi connectivity index (χ0) is 15.1. The molecule has 0 aliphatic carbocycles. The van der Waals surface area contributed by atoms with Crippen molar-refractivity contribution < 1.29 is 9.53 Å². The molecule has 5 nitrogen and oxygen atoms in total. The molecule has 0 saturated carbocycles. The van der Waals surface area contributed by atoms with Crippen molar-refractivity contribution in [3.8, 4) is 0 Å². The Morgan fingerprint density at radius 1 is 1.33 bits per heavy atom. The van der Waals surface area contributed by atoms with Gasteiger partial charge in [0, 0.05) is 30.8 Å². The molecular formula is C15H21N3O2S. The van der Waals surface area contributed by atoms with Crippen LogP contribution in [0, 0.1) is 0 Å². The molecule has 1 saturated heterocycles. The van der Waals surface area contributed by atoms with Gasteiger partial charge in [0.25, 0.3) is 5.91 Å². The number of amides is 1. The summed E-state index contributed by atoms with van der Waals surface area (Å²) in [4.78, 5) is 14.7. The molecule has 2 rings (SSSR count). The Kier molecular flexibility index (Phi) is 6.10. The average molecular weight is 307 g/mol. The van der Waals surface area contributed by atoms with E-state index in [9.17, 15) is 4.79 Å². The molecule has 1 aliphatic rings. The first-order valence-electron chi connectivity index (χ1n) is 7.15. The summed E-state index contributed by atoms with van der Waals surface area (Å²) in [5.74, 6) is -0.0879. The largest absolute Gasteiger partial charge is 0.389 e. The van der Waals surface area contributed by atoms with Crippen LogP contribution in [0.2, 0.25) is 0 Å². The molecule has 0 bridgehead atoms. The number of nitrogens with zero attached hydrogens (tertiary/aromatic N) is 1. The third-order valence-corrected chi connectivity index (χ3v) is 3.69. The highest BCUT2D eigenvalue weighted by Crippen LogP contribution is 2.05. The minimum atomic E-state index is -0.0879. The first-order valence-corrected chi connectivity index (χ1v) is 7.56. The first kappa shape index (κ1) is 15.9. The van der Waals surface area contributed by atoms with E-state index in [1.807, 2.05) is 0 Å². The molecule has 21 heavy (non-hydrogen) atoms. The maximum atomic E-state index is 12.0. The fourth-order valence-electron chi connectivity index (χ4n) is 2.25. The molecule has 0 atom stereocenters. The van der Waals surface area contributed by atoms with Gasteiger partial charge in [-0.25, -0.2) is 0 Å². The van der Waals surface area contributed by atoms with E-state index in [-0.39, 0.29) is 5.91 Å². The van der Waals surface area contributed by atoms with E-state index in [0.717, 1.165) is 39.3 Å². The van der Waals surface area contributed by atoms with Crippen LogP contribution in [0.4, 0.5) is 0 Å². The van der Waals surface area contributed by atoms with Crippen molar-refractivity contribution in [1.82, 2.24) is 10.2 Å². The molecule has 1 aromatic carbocycles. The Balaban J connectivity index is 1.74. The molecule has 3 N–H and O–H groups in total. The second-order valence-electron chi connectivity index (χ2n) is 5.01. The number of benzene rings is 1. The quantitative estimate of drug-likeness (QED) is 0.600. The summed E-state index contributed by atoms with van der Waals surface area (Å²) in [5, 5.41) is 2.92. The van der Waals surface area contributed by atoms with Crippen molar-refractivity contribution >= 4 is 23.1 Å². The van der Waals surface area contributed by atoms with Crippen molar-refractivity contribution in [2.24, 2.45) is 5.73 Å². The van der Waals surface area contributed by atoms with Crippen LogP contribution in [-0.4, -0.2) is 55.2 Å². The zero-order valence-corrected chi connectivity index (χ0v) is 12.8. The number of carbonyl (C=O) groups excluding carboxylic acids is 1. The summed E-state index contributed by atoms with van der Waals surface area (Å²) >= 11 is 4.92. The molecule has 1 aromatic rings. The van der Waals surface area contributed by atoms with Gasteiger partial charge in [-0.3, -0.25) is 9.69 Å². The number of nitrogens with two attached hydrogens (primary N) is 1. The Morgan fingerprint density at radius 2 is 2.05 bits per heavy atom. The van der Waals surface area contributed by atoms with E-state index in [4.69, 9.17) is 22.7 Å². The molecule has 1 fully saturated rings. The van der Waals surface area contributed by atoms with Gasteiger partial charge in [0.1, 0.15) is 4.99 Å². The van der Waals surface area contributed by atoms with E-state index in [1.165, 1.54) is 0 Å². The van der Waals surface area contributed by atoms with Crippen LogP contribution >= 0.6 is 12.2 Å². The molecule has 1 heterocycles. The van der Waals surface area contributed by atoms with Crippen molar-refractivity contribution in [2.75, 3.05) is 39.4 Å². The number of rotatable bonds is 6. The van der Waals surface area contributed by atoms with Gasteiger partial charge in [0.2, 0.25) is 0 Å². The second-order valence-corrected chi connectivity index (χ2v) is 5.45. The number of ether oxygens (including phenoxy) is 1. The van der Waals surface area contributed by atoms with Crippen molar-refractivity contribution in [1.29, 1.82) is 0 Å². The van der Waals surface area contributed by atoms with Gasteiger partial charge in [-0.15, -0.1) is 0 Å². The van der Waals surface area contributed by atoms with Gasteiger partial charge in [-0.1, -0.05) is 24.4 Å². The van der Waals surface area contributed by atoms with E-state index in [2.05, 4.69) is 10.2 Å². The highest BCUT2D eigenvalue weighted by Gasteiger charge is 2.10. The lowest BCUT2D eigenvalue weighted by atomic mass is 10.1. The molecule has 1 aliphatic heterocycles. The molecule has 0 aromatic heterocycles. The normalized spacial score (nSPS) is 15.6. The summed E-state index contributed by atoms with van der Waals surface area (Å²) in [6, 6.07) is 7.08. The Labute approximate surface area is 130 Å². The Bertz CT molecular complexity index is 501. The molecule has 0 unspecified atom stereocenters. The molecule has 0 radical (unpaired) electrons. The van der Waals surface area contributed by atoms with Gasteiger partial charge >= 0.3 is 0 Å². The predicted octanol–water partition coefficient (Wildman–Crippen LogP) is 0.773. The minimum Gasteiger partial charge on any atom is -0.389 e. The van der Waals surface area contributed by atoms with Crippen molar-refractivity contribution in [3.05, 3.63) is 35.4 Å². The third kappa shape index (κ3) is 5.08. The Hall–Kier alpha value is -1.50. The van der Waals surface area contributed by atoms with Crippen LogP contribution in [0.15, 0.2) is 24.3 Å². The summed E-state index contributed by atoms with van der Waals surface area (Å²) in [7, 11) is 0. The van der Waals surface area contributed by atoms with Crippen molar-refractivity contribution in [3.63, 3.8) is 0 Å². The number of hydrogen-bond donors (Lipinski definition) is 2. The number of carbonyl (C=O) groups is 1.